The number of H-pyrrole nitrogens is 1. The van der Waals surface area contributed by atoms with Crippen LogP contribution in [0.1, 0.15) is 43.6 Å². The predicted molar refractivity (Wildman–Crippen MR) is 161 cm³/mol. The standard InChI is InChI=1S/C31H36F4N6O3/c1-17-13-40(14-18(2)39(17)5)27-10-25(32)22(21-6-7-28(36-11-21)41-15-19(3)44-20(4)16-41)8-26(27)38-30(43)23-12-37-29(42)9-24(23)31(33,34)35/h6-12,17-20H,13-16H2,1-5H3,(H,37,42)(H,38,43). The number of aromatic amines is 1. The Labute approximate surface area is 252 Å². The van der Waals surface area contributed by atoms with Crippen LogP contribution in [-0.2, 0) is 10.9 Å². The summed E-state index contributed by atoms with van der Waals surface area (Å²) in [5.41, 5.74) is -2.08. The Kier molecular flexibility index (Phi) is 8.72. The molecule has 2 aliphatic heterocycles. The molecule has 0 saturated carbocycles. The van der Waals surface area contributed by atoms with Crippen LogP contribution in [0.2, 0.25) is 0 Å². The lowest BCUT2D eigenvalue weighted by molar-refractivity contribution is -0.138. The van der Waals surface area contributed by atoms with Crippen molar-refractivity contribution in [3.05, 3.63) is 70.0 Å². The third-order valence-corrected chi connectivity index (χ3v) is 8.31. The molecule has 0 bridgehead atoms. The van der Waals surface area contributed by atoms with Gasteiger partial charge in [-0.15, -0.1) is 0 Å². The number of aromatic nitrogens is 2. The van der Waals surface area contributed by atoms with E-state index in [2.05, 4.69) is 25.1 Å². The number of rotatable bonds is 5. The van der Waals surface area contributed by atoms with Crippen LogP contribution in [-0.4, -0.2) is 78.3 Å². The summed E-state index contributed by atoms with van der Waals surface area (Å²) >= 11 is 0. The summed E-state index contributed by atoms with van der Waals surface area (Å²) in [4.78, 5) is 37.9. The molecular formula is C31H36F4N6O3. The Balaban J connectivity index is 1.54. The van der Waals surface area contributed by atoms with Gasteiger partial charge >= 0.3 is 6.18 Å². The first-order valence-corrected chi connectivity index (χ1v) is 14.5. The molecule has 1 amide bonds. The molecule has 4 heterocycles. The van der Waals surface area contributed by atoms with E-state index in [4.69, 9.17) is 4.74 Å². The summed E-state index contributed by atoms with van der Waals surface area (Å²) in [6.45, 7) is 10.3. The second kappa shape index (κ2) is 12.2. The summed E-state index contributed by atoms with van der Waals surface area (Å²) in [6.07, 6.45) is -2.62. The van der Waals surface area contributed by atoms with Crippen molar-refractivity contribution < 1.29 is 27.1 Å². The molecule has 13 heteroatoms. The van der Waals surface area contributed by atoms with Gasteiger partial charge in [0.2, 0.25) is 5.56 Å². The molecule has 4 atom stereocenters. The minimum atomic E-state index is -4.94. The van der Waals surface area contributed by atoms with Crippen molar-refractivity contribution in [2.45, 2.75) is 58.2 Å². The number of nitrogens with one attached hydrogen (secondary N) is 2. The zero-order chi connectivity index (χ0) is 31.9. The minimum Gasteiger partial charge on any atom is -0.372 e. The van der Waals surface area contributed by atoms with Gasteiger partial charge in [0.1, 0.15) is 11.6 Å². The van der Waals surface area contributed by atoms with E-state index in [0.29, 0.717) is 49.3 Å². The SMILES string of the molecule is CC1CN(c2ccc(-c3cc(NC(=O)c4c[nH]c(=O)cc4C(F)(F)F)c(N4CC(C)N(C)C(C)C4)cc3F)cn2)CC(C)O1. The number of piperazine rings is 1. The van der Waals surface area contributed by atoms with E-state index >= 15 is 4.39 Å². The maximum atomic E-state index is 15.8. The number of pyridine rings is 2. The van der Waals surface area contributed by atoms with Crippen LogP contribution in [0.15, 0.2) is 47.5 Å². The van der Waals surface area contributed by atoms with Crippen LogP contribution < -0.4 is 20.7 Å². The second-order valence-electron chi connectivity index (χ2n) is 11.8. The van der Waals surface area contributed by atoms with Crippen LogP contribution in [0.5, 0.6) is 0 Å². The third kappa shape index (κ3) is 6.58. The summed E-state index contributed by atoms with van der Waals surface area (Å²) < 4.78 is 62.9. The summed E-state index contributed by atoms with van der Waals surface area (Å²) in [5.74, 6) is -0.952. The van der Waals surface area contributed by atoms with Gasteiger partial charge in [-0.25, -0.2) is 9.37 Å². The zero-order valence-corrected chi connectivity index (χ0v) is 25.2. The van der Waals surface area contributed by atoms with Crippen molar-refractivity contribution in [2.24, 2.45) is 0 Å². The van der Waals surface area contributed by atoms with Gasteiger partial charge in [-0.3, -0.25) is 14.5 Å². The van der Waals surface area contributed by atoms with Crippen LogP contribution in [0.3, 0.4) is 0 Å². The Hall–Kier alpha value is -3.97. The van der Waals surface area contributed by atoms with E-state index in [-0.39, 0.29) is 35.5 Å². The van der Waals surface area contributed by atoms with Gasteiger partial charge in [0.15, 0.2) is 0 Å². The first kappa shape index (κ1) is 31.5. The number of hydrogen-bond acceptors (Lipinski definition) is 7. The Morgan fingerprint density at radius 2 is 1.66 bits per heavy atom. The normalized spacial score (nSPS) is 23.1. The highest BCUT2D eigenvalue weighted by Crippen LogP contribution is 2.37. The number of nitrogens with zero attached hydrogens (tertiary/aromatic N) is 4. The monoisotopic (exact) mass is 616 g/mol. The number of carbonyl (C=O) groups excluding carboxylic acids is 1. The highest BCUT2D eigenvalue weighted by atomic mass is 19.4. The number of morpholine rings is 1. The van der Waals surface area contributed by atoms with Crippen molar-refractivity contribution in [1.29, 1.82) is 0 Å². The molecule has 3 aromatic rings. The Morgan fingerprint density at radius 3 is 2.25 bits per heavy atom. The lowest BCUT2D eigenvalue weighted by atomic mass is 10.0. The largest absolute Gasteiger partial charge is 0.417 e. The average Bonchev–Trinajstić information content (AvgIpc) is 2.95. The first-order valence-electron chi connectivity index (χ1n) is 14.5. The molecule has 2 aliphatic rings. The average molecular weight is 617 g/mol. The van der Waals surface area contributed by atoms with Crippen LogP contribution >= 0.6 is 0 Å². The van der Waals surface area contributed by atoms with Crippen molar-refractivity contribution >= 4 is 23.1 Å². The summed E-state index contributed by atoms with van der Waals surface area (Å²) in [7, 11) is 1.99. The van der Waals surface area contributed by atoms with Crippen LogP contribution in [0, 0.1) is 5.82 Å². The maximum absolute atomic E-state index is 15.8. The van der Waals surface area contributed by atoms with E-state index < -0.39 is 34.6 Å². The summed E-state index contributed by atoms with van der Waals surface area (Å²) in [6, 6.07) is 6.74. The van der Waals surface area contributed by atoms with Gasteiger partial charge in [0.25, 0.3) is 5.91 Å². The molecule has 44 heavy (non-hydrogen) atoms. The maximum Gasteiger partial charge on any atom is 0.417 e. The van der Waals surface area contributed by atoms with E-state index in [1.807, 2.05) is 39.6 Å². The van der Waals surface area contributed by atoms with Gasteiger partial charge in [0, 0.05) is 67.8 Å². The minimum absolute atomic E-state index is 0.0247. The number of hydrogen-bond donors (Lipinski definition) is 2. The van der Waals surface area contributed by atoms with E-state index in [1.54, 1.807) is 12.1 Å². The molecule has 2 fully saturated rings. The van der Waals surface area contributed by atoms with Gasteiger partial charge in [0.05, 0.1) is 34.7 Å². The van der Waals surface area contributed by atoms with Gasteiger partial charge < -0.3 is 24.8 Å². The first-order chi connectivity index (χ1) is 20.7. The van der Waals surface area contributed by atoms with E-state index in [1.165, 1.54) is 18.3 Å². The van der Waals surface area contributed by atoms with Gasteiger partial charge in [-0.1, -0.05) is 0 Å². The lowest BCUT2D eigenvalue weighted by Gasteiger charge is -2.44. The number of benzene rings is 1. The topological polar surface area (TPSA) is 93.8 Å². The van der Waals surface area contributed by atoms with Crippen molar-refractivity contribution in [3.8, 4) is 11.1 Å². The number of ether oxygens (including phenoxy) is 1. The Bertz CT molecular complexity index is 1560. The fourth-order valence-corrected chi connectivity index (χ4v) is 5.93. The predicted octanol–water partition coefficient (Wildman–Crippen LogP) is 4.99. The third-order valence-electron chi connectivity index (χ3n) is 8.31. The molecule has 0 spiro atoms. The molecule has 4 unspecified atom stereocenters. The smallest absolute Gasteiger partial charge is 0.372 e. The fraction of sp³-hybridized carbons (Fsp3) is 0.452. The van der Waals surface area contributed by atoms with Crippen molar-refractivity contribution in [2.75, 3.05) is 48.3 Å². The molecule has 2 saturated heterocycles. The molecule has 5 rings (SSSR count). The molecule has 9 nitrogen and oxygen atoms in total. The number of amides is 1. The van der Waals surface area contributed by atoms with E-state index in [0.717, 1.165) is 6.20 Å². The molecule has 1 aromatic carbocycles. The lowest BCUT2D eigenvalue weighted by Crippen LogP contribution is -2.55. The van der Waals surface area contributed by atoms with Crippen LogP contribution in [0.25, 0.3) is 11.1 Å². The van der Waals surface area contributed by atoms with Crippen molar-refractivity contribution in [1.82, 2.24) is 14.9 Å². The molecule has 2 aromatic heterocycles. The molecular weight excluding hydrogens is 580 g/mol. The fourth-order valence-electron chi connectivity index (χ4n) is 5.93. The number of carbonyl (C=O) groups is 1. The summed E-state index contributed by atoms with van der Waals surface area (Å²) in [5, 5.41) is 2.58. The van der Waals surface area contributed by atoms with Gasteiger partial charge in [-0.2, -0.15) is 13.2 Å². The van der Waals surface area contributed by atoms with Gasteiger partial charge in [-0.05, 0) is 59.0 Å². The molecule has 0 radical (unpaired) electrons. The quantitative estimate of drug-likeness (QED) is 0.391. The Morgan fingerprint density at radius 1 is 1.00 bits per heavy atom. The number of halogens is 4. The number of anilines is 3. The van der Waals surface area contributed by atoms with E-state index in [9.17, 15) is 22.8 Å². The molecule has 236 valence electrons. The molecule has 0 aliphatic carbocycles. The zero-order valence-electron chi connectivity index (χ0n) is 25.2. The number of alkyl halides is 3. The molecule has 2 N–H and O–H groups in total. The number of likely N-dealkylation sites (N-methyl/N-ethyl adjacent to an activating group) is 1. The highest BCUT2D eigenvalue weighted by molar-refractivity contribution is 6.07. The second-order valence-corrected chi connectivity index (χ2v) is 11.8. The highest BCUT2D eigenvalue weighted by Gasteiger charge is 2.36. The van der Waals surface area contributed by atoms with Crippen molar-refractivity contribution in [3.63, 3.8) is 0 Å². The van der Waals surface area contributed by atoms with Crippen LogP contribution in [0.4, 0.5) is 34.8 Å².